The zero-order chi connectivity index (χ0) is 16.9. The highest BCUT2D eigenvalue weighted by Crippen LogP contribution is 2.30. The number of hydrogen-bond donors (Lipinski definition) is 2. The summed E-state index contributed by atoms with van der Waals surface area (Å²) in [7, 11) is 2.10. The average Bonchev–Trinajstić information content (AvgIpc) is 2.47. The number of rotatable bonds is 6. The zero-order valence-electron chi connectivity index (χ0n) is 14.9. The number of nitrogens with one attached hydrogen (secondary N) is 2. The highest BCUT2D eigenvalue weighted by Gasteiger charge is 2.37. The van der Waals surface area contributed by atoms with Crippen LogP contribution in [0.3, 0.4) is 0 Å². The summed E-state index contributed by atoms with van der Waals surface area (Å²) in [6.07, 6.45) is 2.24. The van der Waals surface area contributed by atoms with Gasteiger partial charge in [-0.15, -0.1) is 0 Å². The number of likely N-dealkylation sites (N-methyl/N-ethyl adjacent to an activating group) is 1. The Kier molecular flexibility index (Phi) is 6.19. The van der Waals surface area contributed by atoms with Crippen LogP contribution in [0.15, 0.2) is 30.3 Å². The molecule has 1 aliphatic rings. The molecule has 1 aromatic rings. The maximum Gasteiger partial charge on any atom is 0.237 e. The first-order valence-electron chi connectivity index (χ1n) is 8.65. The first kappa shape index (κ1) is 18.0. The van der Waals surface area contributed by atoms with Gasteiger partial charge in [-0.25, -0.2) is 0 Å². The van der Waals surface area contributed by atoms with Crippen molar-refractivity contribution in [2.24, 2.45) is 5.41 Å². The molecule has 2 atom stereocenters. The van der Waals surface area contributed by atoms with E-state index in [9.17, 15) is 4.79 Å². The quantitative estimate of drug-likeness (QED) is 0.847. The van der Waals surface area contributed by atoms with Crippen LogP contribution < -0.4 is 10.6 Å². The monoisotopic (exact) mass is 317 g/mol. The van der Waals surface area contributed by atoms with Crippen molar-refractivity contribution in [3.63, 3.8) is 0 Å². The van der Waals surface area contributed by atoms with Gasteiger partial charge in [0, 0.05) is 19.1 Å². The molecule has 0 radical (unpaired) electrons. The van der Waals surface area contributed by atoms with Gasteiger partial charge in [-0.2, -0.15) is 0 Å². The van der Waals surface area contributed by atoms with Gasteiger partial charge in [0.25, 0.3) is 0 Å². The Morgan fingerprint density at radius 1 is 1.39 bits per heavy atom. The number of amides is 1. The summed E-state index contributed by atoms with van der Waals surface area (Å²) < 4.78 is 0. The topological polar surface area (TPSA) is 44.4 Å². The molecule has 0 spiro atoms. The first-order chi connectivity index (χ1) is 10.9. The molecule has 1 saturated heterocycles. The molecule has 0 aromatic heterocycles. The number of benzene rings is 1. The Balaban J connectivity index is 1.81. The van der Waals surface area contributed by atoms with Crippen LogP contribution >= 0.6 is 0 Å². The molecule has 2 unspecified atom stereocenters. The van der Waals surface area contributed by atoms with Crippen LogP contribution in [0.5, 0.6) is 0 Å². The lowest BCUT2D eigenvalue weighted by Gasteiger charge is -2.39. The maximum absolute atomic E-state index is 12.6. The molecule has 1 aliphatic heterocycles. The zero-order valence-corrected chi connectivity index (χ0v) is 14.9. The van der Waals surface area contributed by atoms with Gasteiger partial charge in [-0.3, -0.25) is 4.79 Å². The van der Waals surface area contributed by atoms with E-state index in [1.807, 2.05) is 6.07 Å². The number of piperidine rings is 1. The molecule has 1 fully saturated rings. The Morgan fingerprint density at radius 2 is 2.09 bits per heavy atom. The minimum Gasteiger partial charge on any atom is -0.351 e. The van der Waals surface area contributed by atoms with E-state index < -0.39 is 0 Å². The molecule has 2 rings (SSSR count). The standard InChI is InChI=1S/C19H31N3O/c1-15(13-22(4)14-16-9-6-5-7-10-16)21-18(23)17-19(2,3)11-8-12-20-17/h5-7,9-10,15,17,20H,8,11-14H2,1-4H3,(H,21,23). The lowest BCUT2D eigenvalue weighted by molar-refractivity contribution is -0.127. The van der Waals surface area contributed by atoms with Gasteiger partial charge >= 0.3 is 0 Å². The summed E-state index contributed by atoms with van der Waals surface area (Å²) >= 11 is 0. The Bertz CT molecular complexity index is 501. The molecule has 128 valence electrons. The smallest absolute Gasteiger partial charge is 0.237 e. The molecule has 2 N–H and O–H groups in total. The highest BCUT2D eigenvalue weighted by molar-refractivity contribution is 5.83. The number of hydrogen-bond acceptors (Lipinski definition) is 3. The van der Waals surface area contributed by atoms with Crippen molar-refractivity contribution in [2.75, 3.05) is 20.1 Å². The summed E-state index contributed by atoms with van der Waals surface area (Å²) in [5.41, 5.74) is 1.32. The van der Waals surface area contributed by atoms with E-state index in [0.29, 0.717) is 0 Å². The number of nitrogens with zero attached hydrogens (tertiary/aromatic N) is 1. The van der Waals surface area contributed by atoms with Crippen LogP contribution in [-0.4, -0.2) is 43.0 Å². The SMILES string of the molecule is CC(CN(C)Cc1ccccc1)NC(=O)C1NCCCC1(C)C. The lowest BCUT2D eigenvalue weighted by atomic mass is 9.77. The molecule has 0 aliphatic carbocycles. The van der Waals surface area contributed by atoms with Crippen LogP contribution in [-0.2, 0) is 11.3 Å². The Labute approximate surface area is 140 Å². The van der Waals surface area contributed by atoms with Gasteiger partial charge in [0.1, 0.15) is 0 Å². The molecule has 1 amide bonds. The molecule has 0 saturated carbocycles. The average molecular weight is 317 g/mol. The van der Waals surface area contributed by atoms with E-state index in [1.165, 1.54) is 5.56 Å². The minimum atomic E-state index is -0.0851. The molecule has 1 aromatic carbocycles. The largest absolute Gasteiger partial charge is 0.351 e. The first-order valence-corrected chi connectivity index (χ1v) is 8.65. The fraction of sp³-hybridized carbons (Fsp3) is 0.632. The third-order valence-corrected chi connectivity index (χ3v) is 4.66. The van der Waals surface area contributed by atoms with E-state index in [0.717, 1.165) is 32.5 Å². The van der Waals surface area contributed by atoms with Gasteiger partial charge in [-0.1, -0.05) is 44.2 Å². The summed E-state index contributed by atoms with van der Waals surface area (Å²) in [4.78, 5) is 14.8. The highest BCUT2D eigenvalue weighted by atomic mass is 16.2. The van der Waals surface area contributed by atoms with Crippen molar-refractivity contribution >= 4 is 5.91 Å². The molecule has 23 heavy (non-hydrogen) atoms. The van der Waals surface area contributed by atoms with Crippen LogP contribution in [0.1, 0.15) is 39.2 Å². The van der Waals surface area contributed by atoms with Crippen molar-refractivity contribution in [1.82, 2.24) is 15.5 Å². The Hall–Kier alpha value is -1.39. The number of carbonyl (C=O) groups is 1. The normalized spacial score (nSPS) is 21.9. The maximum atomic E-state index is 12.6. The van der Waals surface area contributed by atoms with Crippen LogP contribution in [0.2, 0.25) is 0 Å². The molecular weight excluding hydrogens is 286 g/mol. The summed E-state index contributed by atoms with van der Waals surface area (Å²) in [6, 6.07) is 10.5. The molecule has 1 heterocycles. The van der Waals surface area contributed by atoms with Crippen molar-refractivity contribution in [1.29, 1.82) is 0 Å². The van der Waals surface area contributed by atoms with Gasteiger partial charge < -0.3 is 15.5 Å². The van der Waals surface area contributed by atoms with Crippen molar-refractivity contribution in [3.05, 3.63) is 35.9 Å². The van der Waals surface area contributed by atoms with Crippen molar-refractivity contribution in [2.45, 2.75) is 52.2 Å². The molecule has 4 nitrogen and oxygen atoms in total. The molecule has 4 heteroatoms. The number of carbonyl (C=O) groups excluding carboxylic acids is 1. The van der Waals surface area contributed by atoms with Crippen LogP contribution in [0.4, 0.5) is 0 Å². The summed E-state index contributed by atoms with van der Waals surface area (Å²) in [6.45, 7) is 9.10. The van der Waals surface area contributed by atoms with Gasteiger partial charge in [0.2, 0.25) is 5.91 Å². The third-order valence-electron chi connectivity index (χ3n) is 4.66. The molecule has 0 bridgehead atoms. The van der Waals surface area contributed by atoms with Gasteiger partial charge in [0.05, 0.1) is 6.04 Å². The van der Waals surface area contributed by atoms with Gasteiger partial charge in [-0.05, 0) is 44.3 Å². The van der Waals surface area contributed by atoms with E-state index in [1.54, 1.807) is 0 Å². The van der Waals surface area contributed by atoms with Crippen LogP contribution in [0, 0.1) is 5.41 Å². The second-order valence-electron chi connectivity index (χ2n) is 7.57. The lowest BCUT2D eigenvalue weighted by Crippen LogP contribution is -2.57. The minimum absolute atomic E-state index is 0.0258. The van der Waals surface area contributed by atoms with Crippen molar-refractivity contribution in [3.8, 4) is 0 Å². The van der Waals surface area contributed by atoms with E-state index in [2.05, 4.69) is 67.6 Å². The van der Waals surface area contributed by atoms with E-state index in [4.69, 9.17) is 0 Å². The second-order valence-corrected chi connectivity index (χ2v) is 7.57. The third kappa shape index (κ3) is 5.33. The van der Waals surface area contributed by atoms with E-state index >= 15 is 0 Å². The predicted molar refractivity (Wildman–Crippen MR) is 95.2 cm³/mol. The van der Waals surface area contributed by atoms with Gasteiger partial charge in [0.15, 0.2) is 0 Å². The summed E-state index contributed by atoms with van der Waals surface area (Å²) in [5.74, 6) is 0.135. The predicted octanol–water partition coefficient (Wildman–Crippen LogP) is 2.40. The van der Waals surface area contributed by atoms with E-state index in [-0.39, 0.29) is 23.4 Å². The Morgan fingerprint density at radius 3 is 2.74 bits per heavy atom. The summed E-state index contributed by atoms with van der Waals surface area (Å²) in [5, 5.41) is 6.56. The fourth-order valence-electron chi connectivity index (χ4n) is 3.46. The van der Waals surface area contributed by atoms with Crippen molar-refractivity contribution < 1.29 is 4.79 Å². The molecular formula is C19H31N3O. The van der Waals surface area contributed by atoms with Crippen LogP contribution in [0.25, 0.3) is 0 Å². The second kappa shape index (κ2) is 7.93. The fourth-order valence-corrected chi connectivity index (χ4v) is 3.46.